The molecular formula is C14H19N7OS. The molecule has 2 aromatic rings. The predicted molar refractivity (Wildman–Crippen MR) is 88.1 cm³/mol. The summed E-state index contributed by atoms with van der Waals surface area (Å²) in [6, 6.07) is -0.419. The number of fused-ring (bicyclic) bond motifs is 1. The van der Waals surface area contributed by atoms with E-state index in [-0.39, 0.29) is 0 Å². The molecule has 1 unspecified atom stereocenters. The van der Waals surface area contributed by atoms with Crippen molar-refractivity contribution in [3.8, 4) is 0 Å². The highest BCUT2D eigenvalue weighted by molar-refractivity contribution is 7.98. The molecule has 0 bridgehead atoms. The zero-order valence-electron chi connectivity index (χ0n) is 13.5. The standard InChI is InChI=1S/C14H19N7OS/c1-5-20-6-9(7(2)18-20)11-10(12(15)22)8(3)16-13-17-14(23-4)19-21(11)13/h6,11H,5H2,1-4H3,(H2,15,22)(H,16,17,19). The van der Waals surface area contributed by atoms with Crippen LogP contribution in [0.25, 0.3) is 0 Å². The van der Waals surface area contributed by atoms with Crippen LogP contribution in [0.2, 0.25) is 0 Å². The van der Waals surface area contributed by atoms with E-state index in [0.29, 0.717) is 22.4 Å². The lowest BCUT2D eigenvalue weighted by Crippen LogP contribution is -2.32. The molecular weight excluding hydrogens is 314 g/mol. The SMILES string of the molecule is CCn1cc(C2C(C(N)=O)=C(C)Nc3nc(SC)nn32)c(C)n1. The summed E-state index contributed by atoms with van der Waals surface area (Å²) in [5.41, 5.74) is 8.56. The summed E-state index contributed by atoms with van der Waals surface area (Å²) in [6.07, 6.45) is 3.84. The Morgan fingerprint density at radius 1 is 1.43 bits per heavy atom. The average Bonchev–Trinajstić information content (AvgIpc) is 3.08. The lowest BCUT2D eigenvalue weighted by Gasteiger charge is -2.27. The number of anilines is 1. The third-order valence-electron chi connectivity index (χ3n) is 3.88. The molecule has 1 aliphatic rings. The van der Waals surface area contributed by atoms with Gasteiger partial charge in [0.15, 0.2) is 0 Å². The molecule has 3 heterocycles. The fourth-order valence-electron chi connectivity index (χ4n) is 2.79. The van der Waals surface area contributed by atoms with Gasteiger partial charge in [0.2, 0.25) is 17.0 Å². The normalized spacial score (nSPS) is 17.1. The fourth-order valence-corrected chi connectivity index (χ4v) is 3.14. The van der Waals surface area contributed by atoms with Crippen LogP contribution in [0.5, 0.6) is 0 Å². The number of amides is 1. The average molecular weight is 333 g/mol. The van der Waals surface area contributed by atoms with E-state index in [1.807, 2.05) is 37.9 Å². The van der Waals surface area contributed by atoms with Crippen LogP contribution in [0.1, 0.15) is 31.1 Å². The number of primary amides is 1. The molecule has 9 heteroatoms. The minimum Gasteiger partial charge on any atom is -0.366 e. The van der Waals surface area contributed by atoms with Crippen LogP contribution in [-0.4, -0.2) is 36.7 Å². The number of allylic oxidation sites excluding steroid dienone is 1. The predicted octanol–water partition coefficient (Wildman–Crippen LogP) is 1.30. The van der Waals surface area contributed by atoms with E-state index in [4.69, 9.17) is 5.73 Å². The lowest BCUT2D eigenvalue weighted by molar-refractivity contribution is -0.115. The van der Waals surface area contributed by atoms with Crippen LogP contribution in [0.15, 0.2) is 22.6 Å². The number of nitrogens with two attached hydrogens (primary N) is 1. The Hall–Kier alpha value is -2.29. The van der Waals surface area contributed by atoms with Crippen molar-refractivity contribution in [1.29, 1.82) is 0 Å². The van der Waals surface area contributed by atoms with Crippen molar-refractivity contribution < 1.29 is 4.79 Å². The minimum absolute atomic E-state index is 0.419. The molecule has 0 radical (unpaired) electrons. The van der Waals surface area contributed by atoms with Gasteiger partial charge in [-0.05, 0) is 27.0 Å². The quantitative estimate of drug-likeness (QED) is 0.817. The molecule has 3 N–H and O–H groups in total. The van der Waals surface area contributed by atoms with Crippen LogP contribution < -0.4 is 11.1 Å². The topological polar surface area (TPSA) is 104 Å². The molecule has 0 aliphatic carbocycles. The Bertz CT molecular complexity index is 804. The maximum Gasteiger partial charge on any atom is 0.248 e. The zero-order chi connectivity index (χ0) is 16.7. The van der Waals surface area contributed by atoms with Crippen LogP contribution in [0, 0.1) is 6.92 Å². The third-order valence-corrected chi connectivity index (χ3v) is 4.42. The molecule has 122 valence electrons. The molecule has 3 rings (SSSR count). The van der Waals surface area contributed by atoms with Crippen molar-refractivity contribution >= 4 is 23.6 Å². The van der Waals surface area contributed by atoms with Gasteiger partial charge in [0.1, 0.15) is 6.04 Å². The van der Waals surface area contributed by atoms with Gasteiger partial charge in [0, 0.05) is 24.0 Å². The Labute approximate surface area is 138 Å². The molecule has 0 saturated carbocycles. The summed E-state index contributed by atoms with van der Waals surface area (Å²) in [6.45, 7) is 6.51. The first kappa shape index (κ1) is 15.6. The van der Waals surface area contributed by atoms with E-state index < -0.39 is 11.9 Å². The second-order valence-corrected chi connectivity index (χ2v) is 6.10. The Morgan fingerprint density at radius 2 is 2.17 bits per heavy atom. The van der Waals surface area contributed by atoms with Gasteiger partial charge in [0.05, 0.1) is 11.3 Å². The number of hydrogen-bond acceptors (Lipinski definition) is 6. The highest BCUT2D eigenvalue weighted by Crippen LogP contribution is 2.36. The summed E-state index contributed by atoms with van der Waals surface area (Å²) in [5, 5.41) is 12.7. The maximum absolute atomic E-state index is 12.1. The van der Waals surface area contributed by atoms with E-state index in [2.05, 4.69) is 20.5 Å². The smallest absolute Gasteiger partial charge is 0.248 e. The van der Waals surface area contributed by atoms with Gasteiger partial charge in [-0.25, -0.2) is 4.68 Å². The number of hydrogen-bond donors (Lipinski definition) is 2. The number of thioether (sulfide) groups is 1. The highest BCUT2D eigenvalue weighted by Gasteiger charge is 2.35. The number of aromatic nitrogens is 5. The molecule has 1 aliphatic heterocycles. The highest BCUT2D eigenvalue weighted by atomic mass is 32.2. The van der Waals surface area contributed by atoms with Crippen LogP contribution >= 0.6 is 11.8 Å². The van der Waals surface area contributed by atoms with Crippen molar-refractivity contribution in [2.24, 2.45) is 5.73 Å². The van der Waals surface area contributed by atoms with Crippen molar-refractivity contribution in [2.45, 2.75) is 38.5 Å². The van der Waals surface area contributed by atoms with Crippen molar-refractivity contribution in [3.05, 3.63) is 28.7 Å². The van der Waals surface area contributed by atoms with E-state index in [1.165, 1.54) is 11.8 Å². The van der Waals surface area contributed by atoms with E-state index >= 15 is 0 Å². The summed E-state index contributed by atoms with van der Waals surface area (Å²) in [5.74, 6) is 0.126. The van der Waals surface area contributed by atoms with Crippen LogP contribution in [-0.2, 0) is 11.3 Å². The second kappa shape index (κ2) is 5.73. The lowest BCUT2D eigenvalue weighted by atomic mass is 9.96. The summed E-state index contributed by atoms with van der Waals surface area (Å²) in [4.78, 5) is 16.5. The van der Waals surface area contributed by atoms with Gasteiger partial charge in [-0.3, -0.25) is 9.48 Å². The first-order chi connectivity index (χ1) is 11.0. The van der Waals surface area contributed by atoms with Gasteiger partial charge in [0.25, 0.3) is 0 Å². The summed E-state index contributed by atoms with van der Waals surface area (Å²) < 4.78 is 3.55. The Kier molecular flexibility index (Phi) is 3.88. The van der Waals surface area contributed by atoms with Crippen molar-refractivity contribution in [1.82, 2.24) is 24.5 Å². The second-order valence-electron chi connectivity index (χ2n) is 5.32. The monoisotopic (exact) mass is 333 g/mol. The van der Waals surface area contributed by atoms with Crippen LogP contribution in [0.3, 0.4) is 0 Å². The van der Waals surface area contributed by atoms with Gasteiger partial charge in [-0.2, -0.15) is 10.1 Å². The number of aryl methyl sites for hydroxylation is 2. The van der Waals surface area contributed by atoms with E-state index in [0.717, 1.165) is 17.8 Å². The summed E-state index contributed by atoms with van der Waals surface area (Å²) >= 11 is 1.45. The number of carbonyl (C=O) groups is 1. The zero-order valence-corrected chi connectivity index (χ0v) is 14.3. The fraction of sp³-hybridized carbons (Fsp3) is 0.429. The van der Waals surface area contributed by atoms with E-state index in [1.54, 1.807) is 4.68 Å². The number of nitrogens with zero attached hydrogens (tertiary/aromatic N) is 5. The first-order valence-electron chi connectivity index (χ1n) is 7.28. The molecule has 1 amide bonds. The molecule has 8 nitrogen and oxygen atoms in total. The molecule has 2 aromatic heterocycles. The number of carbonyl (C=O) groups excluding carboxylic acids is 1. The maximum atomic E-state index is 12.1. The molecule has 0 fully saturated rings. The first-order valence-corrected chi connectivity index (χ1v) is 8.50. The summed E-state index contributed by atoms with van der Waals surface area (Å²) in [7, 11) is 0. The third kappa shape index (κ3) is 2.50. The Balaban J connectivity index is 2.22. The molecule has 0 saturated heterocycles. The van der Waals surface area contributed by atoms with Crippen molar-refractivity contribution in [2.75, 3.05) is 11.6 Å². The van der Waals surface area contributed by atoms with Gasteiger partial charge >= 0.3 is 0 Å². The van der Waals surface area contributed by atoms with E-state index in [9.17, 15) is 4.79 Å². The minimum atomic E-state index is -0.476. The van der Waals surface area contributed by atoms with Gasteiger partial charge < -0.3 is 11.1 Å². The van der Waals surface area contributed by atoms with Crippen LogP contribution in [0.4, 0.5) is 5.95 Å². The molecule has 0 aromatic carbocycles. The molecule has 23 heavy (non-hydrogen) atoms. The largest absolute Gasteiger partial charge is 0.366 e. The van der Waals surface area contributed by atoms with Gasteiger partial charge in [-0.1, -0.05) is 11.8 Å². The van der Waals surface area contributed by atoms with Gasteiger partial charge in [-0.15, -0.1) is 5.10 Å². The van der Waals surface area contributed by atoms with Crippen molar-refractivity contribution in [3.63, 3.8) is 0 Å². The molecule has 1 atom stereocenters. The number of nitrogens with one attached hydrogen (secondary N) is 1. The number of rotatable bonds is 4. The molecule has 0 spiro atoms. The Morgan fingerprint density at radius 3 is 2.74 bits per heavy atom.